The van der Waals surface area contributed by atoms with Gasteiger partial charge >= 0.3 is 5.97 Å². The molecule has 1 aromatic heterocycles. The van der Waals surface area contributed by atoms with Crippen molar-refractivity contribution in [2.24, 2.45) is 5.92 Å². The van der Waals surface area contributed by atoms with Crippen LogP contribution < -0.4 is 26.2 Å². The van der Waals surface area contributed by atoms with E-state index in [1.54, 1.807) is 0 Å². The second-order valence-corrected chi connectivity index (χ2v) is 5.76. The van der Waals surface area contributed by atoms with Crippen molar-refractivity contribution in [2.75, 3.05) is 17.7 Å². The second-order valence-electron chi connectivity index (χ2n) is 5.76. The summed E-state index contributed by atoms with van der Waals surface area (Å²) in [6, 6.07) is 1.46. The molecule has 0 aliphatic carbocycles. The predicted molar refractivity (Wildman–Crippen MR) is 90.3 cm³/mol. The topological polar surface area (TPSA) is 118 Å². The number of hydrogen-bond acceptors (Lipinski definition) is 7. The normalized spacial score (nSPS) is 12.2. The summed E-state index contributed by atoms with van der Waals surface area (Å²) in [6.07, 6.45) is 1.28. The van der Waals surface area contributed by atoms with Crippen LogP contribution >= 0.6 is 0 Å². The van der Waals surface area contributed by atoms with Crippen molar-refractivity contribution >= 4 is 23.0 Å². The van der Waals surface area contributed by atoms with E-state index in [9.17, 15) is 14.4 Å². The zero-order valence-electron chi connectivity index (χ0n) is 13.8. The highest BCUT2D eigenvalue weighted by atomic mass is 16.5. The van der Waals surface area contributed by atoms with E-state index >= 15 is 0 Å². The van der Waals surface area contributed by atoms with E-state index in [0.29, 0.717) is 0 Å². The predicted octanol–water partition coefficient (Wildman–Crippen LogP) is 1.58. The Morgan fingerprint density at radius 2 is 1.83 bits per heavy atom. The summed E-state index contributed by atoms with van der Waals surface area (Å²) in [5.41, 5.74) is -1.02. The standard InChI is InChI=1S/C16H19N3O5/c1-7(2)8(3)18-10-11(14(21)13(10)20)19-9-5-6-17-12(16(22)23)15(9)24-4/h5-8,18H,1-4H3,(H,17,19)(H,22,23)/t8-/m0/s1. The molecule has 3 N–H and O–H groups in total. The number of anilines is 3. The fourth-order valence-corrected chi connectivity index (χ4v) is 2.08. The molecule has 2 aromatic rings. The molecule has 0 amide bonds. The average Bonchev–Trinajstić information content (AvgIpc) is 2.56. The zero-order valence-corrected chi connectivity index (χ0v) is 13.8. The van der Waals surface area contributed by atoms with Crippen LogP contribution in [0, 0.1) is 5.92 Å². The summed E-state index contributed by atoms with van der Waals surface area (Å²) in [5.74, 6) is -1.01. The second kappa shape index (κ2) is 6.69. The van der Waals surface area contributed by atoms with Gasteiger partial charge in [0, 0.05) is 12.2 Å². The molecule has 0 fully saturated rings. The molecule has 0 saturated heterocycles. The minimum absolute atomic E-state index is 0.0113. The van der Waals surface area contributed by atoms with Crippen LogP contribution in [0.2, 0.25) is 0 Å². The molecule has 2 rings (SSSR count). The van der Waals surface area contributed by atoms with E-state index in [1.165, 1.54) is 19.4 Å². The summed E-state index contributed by atoms with van der Waals surface area (Å²) in [4.78, 5) is 38.6. The highest BCUT2D eigenvalue weighted by Gasteiger charge is 2.25. The highest BCUT2D eigenvalue weighted by Crippen LogP contribution is 2.31. The third-order valence-corrected chi connectivity index (χ3v) is 3.85. The van der Waals surface area contributed by atoms with E-state index in [0.717, 1.165) is 0 Å². The van der Waals surface area contributed by atoms with Crippen LogP contribution in [0.1, 0.15) is 31.3 Å². The monoisotopic (exact) mass is 333 g/mol. The molecule has 0 saturated carbocycles. The first-order valence-electron chi connectivity index (χ1n) is 7.41. The van der Waals surface area contributed by atoms with Crippen LogP contribution in [0.4, 0.5) is 17.1 Å². The molecule has 8 nitrogen and oxygen atoms in total. The van der Waals surface area contributed by atoms with E-state index in [1.807, 2.05) is 20.8 Å². The first-order valence-corrected chi connectivity index (χ1v) is 7.41. The molecule has 8 heteroatoms. The number of methoxy groups -OCH3 is 1. The first kappa shape index (κ1) is 17.5. The number of nitrogens with one attached hydrogen (secondary N) is 2. The smallest absolute Gasteiger partial charge is 0.358 e. The molecule has 0 radical (unpaired) electrons. The van der Waals surface area contributed by atoms with Crippen LogP contribution in [0.3, 0.4) is 0 Å². The molecule has 0 aliphatic heterocycles. The van der Waals surface area contributed by atoms with Crippen molar-refractivity contribution in [1.82, 2.24) is 4.98 Å². The average molecular weight is 333 g/mol. The molecule has 1 atom stereocenters. The number of nitrogens with zero attached hydrogens (tertiary/aromatic N) is 1. The number of rotatable bonds is 7. The Morgan fingerprint density at radius 3 is 2.38 bits per heavy atom. The van der Waals surface area contributed by atoms with Crippen LogP contribution in [0.5, 0.6) is 5.75 Å². The molecular formula is C16H19N3O5. The largest absolute Gasteiger partial charge is 0.492 e. The quantitative estimate of drug-likeness (QED) is 0.654. The van der Waals surface area contributed by atoms with Gasteiger partial charge in [0.15, 0.2) is 11.4 Å². The maximum Gasteiger partial charge on any atom is 0.358 e. The van der Waals surface area contributed by atoms with Gasteiger partial charge in [-0.15, -0.1) is 0 Å². The van der Waals surface area contributed by atoms with Crippen LogP contribution in [-0.2, 0) is 0 Å². The fourth-order valence-electron chi connectivity index (χ4n) is 2.08. The van der Waals surface area contributed by atoms with Crippen LogP contribution in [0.25, 0.3) is 0 Å². The van der Waals surface area contributed by atoms with Gasteiger partial charge in [-0.1, -0.05) is 13.8 Å². The van der Waals surface area contributed by atoms with Gasteiger partial charge in [-0.2, -0.15) is 0 Å². The Bertz CT molecular complexity index is 837. The van der Waals surface area contributed by atoms with Crippen LogP contribution in [0.15, 0.2) is 21.9 Å². The highest BCUT2D eigenvalue weighted by molar-refractivity contribution is 5.92. The number of carboxylic acid groups (broad SMARTS) is 1. The lowest BCUT2D eigenvalue weighted by atomic mass is 10.0. The molecule has 0 aliphatic rings. The van der Waals surface area contributed by atoms with E-state index < -0.39 is 16.8 Å². The summed E-state index contributed by atoms with van der Waals surface area (Å²) in [5, 5.41) is 14.9. The van der Waals surface area contributed by atoms with E-state index in [4.69, 9.17) is 9.84 Å². The van der Waals surface area contributed by atoms with Crippen molar-refractivity contribution in [2.45, 2.75) is 26.8 Å². The molecule has 1 heterocycles. The van der Waals surface area contributed by atoms with Gasteiger partial charge in [-0.25, -0.2) is 9.78 Å². The number of carbonyl (C=O) groups is 1. The lowest BCUT2D eigenvalue weighted by Gasteiger charge is -2.22. The molecular weight excluding hydrogens is 314 g/mol. The number of pyridine rings is 1. The number of aromatic carboxylic acids is 1. The molecule has 0 spiro atoms. The van der Waals surface area contributed by atoms with E-state index in [2.05, 4.69) is 15.6 Å². The lowest BCUT2D eigenvalue weighted by Crippen LogP contribution is -2.39. The van der Waals surface area contributed by atoms with Gasteiger partial charge in [0.05, 0.1) is 12.8 Å². The summed E-state index contributed by atoms with van der Waals surface area (Å²) >= 11 is 0. The Balaban J connectivity index is 2.38. The number of aromatic nitrogens is 1. The Labute approximate surface area is 138 Å². The lowest BCUT2D eigenvalue weighted by molar-refractivity contribution is 0.0686. The number of hydrogen-bond donors (Lipinski definition) is 3. The summed E-state index contributed by atoms with van der Waals surface area (Å²) in [7, 11) is 1.30. The third kappa shape index (κ3) is 3.08. The first-order chi connectivity index (χ1) is 11.3. The maximum atomic E-state index is 11.9. The van der Waals surface area contributed by atoms with E-state index in [-0.39, 0.29) is 40.5 Å². The summed E-state index contributed by atoms with van der Waals surface area (Å²) < 4.78 is 5.08. The van der Waals surface area contributed by atoms with Crippen molar-refractivity contribution in [1.29, 1.82) is 0 Å². The van der Waals surface area contributed by atoms with Gasteiger partial charge in [0.2, 0.25) is 0 Å². The van der Waals surface area contributed by atoms with Crippen molar-refractivity contribution in [3.63, 3.8) is 0 Å². The number of ether oxygens (including phenoxy) is 1. The Morgan fingerprint density at radius 1 is 1.21 bits per heavy atom. The van der Waals surface area contributed by atoms with Gasteiger partial charge in [-0.3, -0.25) is 9.59 Å². The molecule has 0 bridgehead atoms. The minimum atomic E-state index is -1.26. The Hall–Kier alpha value is -2.90. The van der Waals surface area contributed by atoms with Gasteiger partial charge in [0.25, 0.3) is 10.9 Å². The molecule has 0 unspecified atom stereocenters. The summed E-state index contributed by atoms with van der Waals surface area (Å²) in [6.45, 7) is 5.88. The van der Waals surface area contributed by atoms with Crippen molar-refractivity contribution < 1.29 is 14.6 Å². The molecule has 1 aromatic carbocycles. The van der Waals surface area contributed by atoms with Gasteiger partial charge < -0.3 is 20.5 Å². The minimum Gasteiger partial charge on any atom is -0.492 e. The fraction of sp³-hybridized carbons (Fsp3) is 0.375. The van der Waals surface area contributed by atoms with Crippen LogP contribution in [-0.4, -0.2) is 29.2 Å². The third-order valence-electron chi connectivity index (χ3n) is 3.85. The zero-order chi connectivity index (χ0) is 18.0. The SMILES string of the molecule is COc1c(Nc2c(N[C@@H](C)C(C)C)c(=O)c2=O)ccnc1C(=O)O. The molecule has 24 heavy (non-hydrogen) atoms. The molecule has 128 valence electrons. The van der Waals surface area contributed by atoms with Gasteiger partial charge in [-0.05, 0) is 18.9 Å². The maximum absolute atomic E-state index is 11.9. The number of carboxylic acids is 1. The van der Waals surface area contributed by atoms with Crippen molar-refractivity contribution in [3.8, 4) is 5.75 Å². The van der Waals surface area contributed by atoms with Gasteiger partial charge in [0.1, 0.15) is 11.4 Å². The van der Waals surface area contributed by atoms with Crippen molar-refractivity contribution in [3.05, 3.63) is 38.4 Å². The Kier molecular flexibility index (Phi) is 4.87.